The number of nitrogens with zero attached hydrogens (tertiary/aromatic N) is 2. The largest absolute Gasteiger partial charge is 0.390 e. The van der Waals surface area contributed by atoms with Gasteiger partial charge in [-0.3, -0.25) is 19.3 Å². The molecule has 3 rings (SSSR count). The van der Waals surface area contributed by atoms with Crippen molar-refractivity contribution in [2.24, 2.45) is 17.8 Å². The van der Waals surface area contributed by atoms with Gasteiger partial charge in [-0.1, -0.05) is 76.3 Å². The highest BCUT2D eigenvalue weighted by Gasteiger charge is 2.34. The minimum atomic E-state index is -1.15. The van der Waals surface area contributed by atoms with Crippen LogP contribution in [-0.2, 0) is 25.5 Å². The summed E-state index contributed by atoms with van der Waals surface area (Å²) < 4.78 is 5.42. The van der Waals surface area contributed by atoms with Gasteiger partial charge in [0.2, 0.25) is 17.7 Å². The summed E-state index contributed by atoms with van der Waals surface area (Å²) in [5.74, 6) is 1.21. The fourth-order valence-electron chi connectivity index (χ4n) is 6.62. The average Bonchev–Trinajstić information content (AvgIpc) is 3.07. The van der Waals surface area contributed by atoms with Crippen LogP contribution in [0.1, 0.15) is 77.2 Å². The molecule has 47 heavy (non-hydrogen) atoms. The van der Waals surface area contributed by atoms with Crippen LogP contribution in [-0.4, -0.2) is 108 Å². The van der Waals surface area contributed by atoms with Crippen LogP contribution >= 0.6 is 0 Å². The monoisotopic (exact) mass is 654 g/mol. The zero-order valence-electron chi connectivity index (χ0n) is 28.7. The number of morpholine rings is 1. The summed E-state index contributed by atoms with van der Waals surface area (Å²) in [5, 5.41) is 27.8. The number of aliphatic hydroxyl groups excluding tert-OH is 2. The van der Waals surface area contributed by atoms with Crippen molar-refractivity contribution < 1.29 is 29.3 Å². The van der Waals surface area contributed by atoms with E-state index in [0.29, 0.717) is 44.9 Å². The number of carbonyl (C=O) groups excluding carboxylic acids is 3. The minimum Gasteiger partial charge on any atom is -0.390 e. The highest BCUT2D eigenvalue weighted by molar-refractivity contribution is 5.91. The van der Waals surface area contributed by atoms with Crippen molar-refractivity contribution in [3.8, 4) is 12.3 Å². The van der Waals surface area contributed by atoms with Crippen LogP contribution in [0.5, 0.6) is 0 Å². The second-order valence-corrected chi connectivity index (χ2v) is 13.9. The van der Waals surface area contributed by atoms with Crippen LogP contribution in [0.2, 0.25) is 0 Å². The van der Waals surface area contributed by atoms with E-state index in [-0.39, 0.29) is 24.7 Å². The molecule has 2 fully saturated rings. The lowest BCUT2D eigenvalue weighted by atomic mass is 9.82. The van der Waals surface area contributed by atoms with Crippen molar-refractivity contribution >= 4 is 17.7 Å². The van der Waals surface area contributed by atoms with Gasteiger partial charge in [-0.15, -0.1) is 12.3 Å². The van der Waals surface area contributed by atoms with Gasteiger partial charge >= 0.3 is 0 Å². The molecule has 0 radical (unpaired) electrons. The number of likely N-dealkylation sites (N-methyl/N-ethyl adjacent to an activating group) is 1. The van der Waals surface area contributed by atoms with Gasteiger partial charge in [-0.05, 0) is 36.7 Å². The van der Waals surface area contributed by atoms with E-state index in [4.69, 9.17) is 11.2 Å². The normalized spacial score (nSPS) is 19.2. The maximum Gasteiger partial charge on any atom is 0.243 e. The van der Waals surface area contributed by atoms with Crippen molar-refractivity contribution in [1.29, 1.82) is 0 Å². The first-order valence-corrected chi connectivity index (χ1v) is 17.6. The van der Waals surface area contributed by atoms with E-state index in [1.807, 2.05) is 44.2 Å². The Morgan fingerprint density at radius 3 is 2.36 bits per heavy atom. The summed E-state index contributed by atoms with van der Waals surface area (Å²) in [6, 6.07) is 7.77. The molecule has 1 aromatic carbocycles. The summed E-state index contributed by atoms with van der Waals surface area (Å²) in [4.78, 5) is 44.8. The first-order chi connectivity index (χ1) is 22.6. The predicted molar refractivity (Wildman–Crippen MR) is 183 cm³/mol. The molecule has 1 heterocycles. The molecule has 4 N–H and O–H groups in total. The van der Waals surface area contributed by atoms with Gasteiger partial charge in [0.05, 0.1) is 31.3 Å². The van der Waals surface area contributed by atoms with Gasteiger partial charge < -0.3 is 30.5 Å². The quantitative estimate of drug-likeness (QED) is 0.179. The topological polar surface area (TPSA) is 131 Å². The zero-order chi connectivity index (χ0) is 34.2. The smallest absolute Gasteiger partial charge is 0.243 e. The number of ether oxygens (including phenoxy) is 1. The molecule has 0 aromatic heterocycles. The highest BCUT2D eigenvalue weighted by atomic mass is 16.5. The van der Waals surface area contributed by atoms with Crippen LogP contribution in [0.4, 0.5) is 0 Å². The SMILES string of the molecule is C#CC[C@H](NC(=O)C(CC(=O)N(C)CCN1CCOCC1)Cc1ccccc1)C(=O)NC(CC1CCCCC1)[C@@H](O)[C@@H](O)CC(C)C. The van der Waals surface area contributed by atoms with Crippen molar-refractivity contribution in [2.75, 3.05) is 46.4 Å². The Labute approximate surface area is 282 Å². The molecule has 1 aromatic rings. The van der Waals surface area contributed by atoms with E-state index < -0.39 is 42.0 Å². The van der Waals surface area contributed by atoms with E-state index >= 15 is 0 Å². The predicted octanol–water partition coefficient (Wildman–Crippen LogP) is 2.76. The molecule has 0 spiro atoms. The second-order valence-electron chi connectivity index (χ2n) is 13.9. The fourth-order valence-corrected chi connectivity index (χ4v) is 6.62. The van der Waals surface area contributed by atoms with Crippen LogP contribution in [0.15, 0.2) is 30.3 Å². The fraction of sp³-hybridized carbons (Fsp3) is 0.703. The number of rotatable bonds is 18. The summed E-state index contributed by atoms with van der Waals surface area (Å²) in [6.07, 6.45) is 10.1. The molecule has 0 bridgehead atoms. The molecule has 5 atom stereocenters. The lowest BCUT2D eigenvalue weighted by molar-refractivity contribution is -0.137. The van der Waals surface area contributed by atoms with Crippen LogP contribution < -0.4 is 10.6 Å². The average molecular weight is 655 g/mol. The number of hydrogen-bond donors (Lipinski definition) is 4. The standard InChI is InChI=1S/C37H58N4O6/c1-5-12-31(37(46)39-32(25-29-15-10-7-11-16-29)35(44)33(42)23-27(2)3)38-36(45)30(24-28-13-8-6-9-14-28)26-34(43)40(4)17-18-41-19-21-47-22-20-41/h1,6,8-9,13-14,27,29-33,35,42,44H,7,10-12,15-26H2,2-4H3,(H,38,45)(H,39,46)/t30?,31-,32?,33-,35+/m0/s1. The first-order valence-electron chi connectivity index (χ1n) is 17.6. The summed E-state index contributed by atoms with van der Waals surface area (Å²) in [6.45, 7) is 8.23. The molecule has 2 unspecified atom stereocenters. The van der Waals surface area contributed by atoms with Gasteiger partial charge in [0.1, 0.15) is 12.1 Å². The number of carbonyl (C=O) groups is 3. The first kappa shape index (κ1) is 38.5. The molecule has 3 amide bonds. The van der Waals surface area contributed by atoms with E-state index in [2.05, 4.69) is 21.5 Å². The third kappa shape index (κ3) is 13.6. The Kier molecular flexibility index (Phi) is 16.7. The van der Waals surface area contributed by atoms with E-state index in [9.17, 15) is 24.6 Å². The van der Waals surface area contributed by atoms with Crippen molar-refractivity contribution in [3.05, 3.63) is 35.9 Å². The van der Waals surface area contributed by atoms with Gasteiger partial charge in [0, 0.05) is 46.1 Å². The minimum absolute atomic E-state index is 0.0187. The molecule has 262 valence electrons. The Balaban J connectivity index is 1.71. The number of amides is 3. The molecular weight excluding hydrogens is 596 g/mol. The molecular formula is C37H58N4O6. The van der Waals surface area contributed by atoms with Crippen LogP contribution in [0.3, 0.4) is 0 Å². The van der Waals surface area contributed by atoms with E-state index in [1.165, 1.54) is 6.42 Å². The molecule has 1 saturated carbocycles. The van der Waals surface area contributed by atoms with Gasteiger partial charge in [0.25, 0.3) is 0 Å². The van der Waals surface area contributed by atoms with Gasteiger partial charge in [0.15, 0.2) is 0 Å². The number of aliphatic hydroxyl groups is 2. The maximum atomic E-state index is 13.8. The molecule has 10 heteroatoms. The summed E-state index contributed by atoms with van der Waals surface area (Å²) in [7, 11) is 1.75. The van der Waals surface area contributed by atoms with E-state index in [0.717, 1.165) is 50.9 Å². The molecule has 2 aliphatic rings. The number of nitrogens with one attached hydrogen (secondary N) is 2. The van der Waals surface area contributed by atoms with Crippen molar-refractivity contribution in [2.45, 2.75) is 102 Å². The van der Waals surface area contributed by atoms with Crippen LogP contribution in [0, 0.1) is 30.1 Å². The van der Waals surface area contributed by atoms with Gasteiger partial charge in [-0.25, -0.2) is 0 Å². The van der Waals surface area contributed by atoms with Gasteiger partial charge in [-0.2, -0.15) is 0 Å². The number of benzene rings is 1. The highest BCUT2D eigenvalue weighted by Crippen LogP contribution is 2.29. The summed E-state index contributed by atoms with van der Waals surface area (Å²) in [5.41, 5.74) is 0.907. The lowest BCUT2D eigenvalue weighted by Gasteiger charge is -2.33. The summed E-state index contributed by atoms with van der Waals surface area (Å²) >= 11 is 0. The maximum absolute atomic E-state index is 13.8. The zero-order valence-corrected chi connectivity index (χ0v) is 28.7. The number of hydrogen-bond acceptors (Lipinski definition) is 7. The molecule has 1 saturated heterocycles. The third-order valence-electron chi connectivity index (χ3n) is 9.51. The Morgan fingerprint density at radius 1 is 1.04 bits per heavy atom. The third-order valence-corrected chi connectivity index (χ3v) is 9.51. The molecule has 1 aliphatic carbocycles. The second kappa shape index (κ2) is 20.4. The van der Waals surface area contributed by atoms with Crippen molar-refractivity contribution in [1.82, 2.24) is 20.4 Å². The van der Waals surface area contributed by atoms with Crippen molar-refractivity contribution in [3.63, 3.8) is 0 Å². The van der Waals surface area contributed by atoms with Crippen LogP contribution in [0.25, 0.3) is 0 Å². The van der Waals surface area contributed by atoms with E-state index in [1.54, 1.807) is 11.9 Å². The lowest BCUT2D eigenvalue weighted by Crippen LogP contribution is -2.56. The Bertz CT molecular complexity index is 1130. The Hall–Kier alpha value is -2.97. The number of terminal acetylenes is 1. The molecule has 1 aliphatic heterocycles. The Morgan fingerprint density at radius 2 is 1.72 bits per heavy atom. The molecule has 10 nitrogen and oxygen atoms in total.